The third-order valence-corrected chi connectivity index (χ3v) is 3.76. The summed E-state index contributed by atoms with van der Waals surface area (Å²) < 4.78 is 5.34. The van der Waals surface area contributed by atoms with Gasteiger partial charge in [0, 0.05) is 19.0 Å². The molecule has 1 aromatic rings. The van der Waals surface area contributed by atoms with Gasteiger partial charge < -0.3 is 15.5 Å². The fourth-order valence-corrected chi connectivity index (χ4v) is 2.32. The van der Waals surface area contributed by atoms with E-state index in [1.165, 1.54) is 19.3 Å². The Bertz CT molecular complexity index is 298. The Morgan fingerprint density at radius 2 is 2.38 bits per heavy atom. The first-order valence-corrected chi connectivity index (χ1v) is 6.20. The van der Waals surface area contributed by atoms with Crippen molar-refractivity contribution in [2.75, 3.05) is 13.1 Å². The van der Waals surface area contributed by atoms with Gasteiger partial charge in [0.25, 0.3) is 0 Å². The van der Waals surface area contributed by atoms with E-state index >= 15 is 0 Å². The molecule has 90 valence electrons. The number of furan rings is 1. The molecule has 1 heterocycles. The van der Waals surface area contributed by atoms with Crippen LogP contribution in [-0.4, -0.2) is 19.1 Å². The maximum absolute atomic E-state index is 5.83. The minimum atomic E-state index is 0.386. The molecule has 1 aliphatic rings. The number of hydrogen-bond acceptors (Lipinski definition) is 3. The highest BCUT2D eigenvalue weighted by Gasteiger charge is 2.35. The molecule has 1 aromatic heterocycles. The minimum Gasteiger partial charge on any atom is -0.469 e. The van der Waals surface area contributed by atoms with E-state index in [0.717, 1.165) is 25.3 Å². The molecule has 1 unspecified atom stereocenters. The number of hydrogen-bond donors (Lipinski definition) is 2. The van der Waals surface area contributed by atoms with Crippen molar-refractivity contribution in [2.45, 2.75) is 38.6 Å². The molecular formula is C13H22N2O. The van der Waals surface area contributed by atoms with Crippen molar-refractivity contribution >= 4 is 0 Å². The summed E-state index contributed by atoms with van der Waals surface area (Å²) in [4.78, 5) is 0. The summed E-state index contributed by atoms with van der Waals surface area (Å²) in [6.07, 6.45) is 6.59. The van der Waals surface area contributed by atoms with Crippen LogP contribution in [0.2, 0.25) is 0 Å². The highest BCUT2D eigenvalue weighted by Crippen LogP contribution is 2.39. The summed E-state index contributed by atoms with van der Waals surface area (Å²) in [5, 5.41) is 3.57. The summed E-state index contributed by atoms with van der Waals surface area (Å²) in [6, 6.07) is 4.42. The third-order valence-electron chi connectivity index (χ3n) is 3.76. The van der Waals surface area contributed by atoms with Gasteiger partial charge in [0.2, 0.25) is 0 Å². The SMILES string of the molecule is CC(Cc1ccco1)NCC1(CN)CCC1. The van der Waals surface area contributed by atoms with Crippen molar-refractivity contribution in [3.63, 3.8) is 0 Å². The van der Waals surface area contributed by atoms with Crippen molar-refractivity contribution in [3.05, 3.63) is 24.2 Å². The van der Waals surface area contributed by atoms with Gasteiger partial charge in [0.05, 0.1) is 6.26 Å². The molecule has 1 aliphatic carbocycles. The van der Waals surface area contributed by atoms with E-state index in [-0.39, 0.29) is 0 Å². The van der Waals surface area contributed by atoms with Crippen LogP contribution in [0, 0.1) is 5.41 Å². The van der Waals surface area contributed by atoms with E-state index in [4.69, 9.17) is 10.2 Å². The topological polar surface area (TPSA) is 51.2 Å². The largest absolute Gasteiger partial charge is 0.469 e. The minimum absolute atomic E-state index is 0.386. The smallest absolute Gasteiger partial charge is 0.105 e. The molecule has 16 heavy (non-hydrogen) atoms. The zero-order valence-corrected chi connectivity index (χ0v) is 10.0. The van der Waals surface area contributed by atoms with Crippen LogP contribution < -0.4 is 11.1 Å². The first-order valence-electron chi connectivity index (χ1n) is 6.20. The Kier molecular flexibility index (Phi) is 3.66. The molecule has 1 fully saturated rings. The van der Waals surface area contributed by atoms with Crippen LogP contribution in [0.4, 0.5) is 0 Å². The molecule has 0 bridgehead atoms. The van der Waals surface area contributed by atoms with Gasteiger partial charge in [0.15, 0.2) is 0 Å². The molecule has 0 amide bonds. The van der Waals surface area contributed by atoms with Gasteiger partial charge in [-0.1, -0.05) is 6.42 Å². The maximum atomic E-state index is 5.83. The first-order chi connectivity index (χ1) is 7.74. The highest BCUT2D eigenvalue weighted by atomic mass is 16.3. The van der Waals surface area contributed by atoms with E-state index in [2.05, 4.69) is 12.2 Å². The second-order valence-electron chi connectivity index (χ2n) is 5.12. The zero-order valence-electron chi connectivity index (χ0n) is 10.0. The van der Waals surface area contributed by atoms with E-state index in [1.807, 2.05) is 12.1 Å². The van der Waals surface area contributed by atoms with E-state index in [0.29, 0.717) is 11.5 Å². The molecule has 3 heteroatoms. The lowest BCUT2D eigenvalue weighted by Gasteiger charge is -2.41. The molecule has 2 rings (SSSR count). The van der Waals surface area contributed by atoms with Crippen LogP contribution in [0.15, 0.2) is 22.8 Å². The molecule has 1 atom stereocenters. The van der Waals surface area contributed by atoms with Gasteiger partial charge in [-0.05, 0) is 43.9 Å². The Hall–Kier alpha value is -0.800. The van der Waals surface area contributed by atoms with Gasteiger partial charge in [-0.2, -0.15) is 0 Å². The first kappa shape index (κ1) is 11.7. The van der Waals surface area contributed by atoms with Gasteiger partial charge in [-0.3, -0.25) is 0 Å². The van der Waals surface area contributed by atoms with Crippen molar-refractivity contribution in [2.24, 2.45) is 11.1 Å². The van der Waals surface area contributed by atoms with Crippen LogP contribution in [0.25, 0.3) is 0 Å². The molecule has 0 saturated heterocycles. The predicted octanol–water partition coefficient (Wildman–Crippen LogP) is 1.93. The molecule has 0 radical (unpaired) electrons. The molecule has 3 N–H and O–H groups in total. The molecule has 0 aromatic carbocycles. The summed E-state index contributed by atoms with van der Waals surface area (Å²) in [7, 11) is 0. The number of nitrogens with one attached hydrogen (secondary N) is 1. The Morgan fingerprint density at radius 1 is 1.56 bits per heavy atom. The summed E-state index contributed by atoms with van der Waals surface area (Å²) in [5.74, 6) is 1.05. The fraction of sp³-hybridized carbons (Fsp3) is 0.692. The Morgan fingerprint density at radius 3 is 2.88 bits per heavy atom. The van der Waals surface area contributed by atoms with Crippen molar-refractivity contribution in [3.8, 4) is 0 Å². The normalized spacial score (nSPS) is 20.4. The lowest BCUT2D eigenvalue weighted by Crippen LogP contribution is -2.47. The molecule has 0 aliphatic heterocycles. The molecule has 3 nitrogen and oxygen atoms in total. The van der Waals surface area contributed by atoms with Crippen molar-refractivity contribution < 1.29 is 4.42 Å². The molecule has 1 saturated carbocycles. The zero-order chi connectivity index (χ0) is 11.4. The van der Waals surface area contributed by atoms with Gasteiger partial charge in [-0.25, -0.2) is 0 Å². The average Bonchev–Trinajstić information content (AvgIpc) is 2.69. The van der Waals surface area contributed by atoms with Crippen molar-refractivity contribution in [1.29, 1.82) is 0 Å². The molecule has 0 spiro atoms. The van der Waals surface area contributed by atoms with E-state index in [9.17, 15) is 0 Å². The van der Waals surface area contributed by atoms with E-state index in [1.54, 1.807) is 6.26 Å². The maximum Gasteiger partial charge on any atom is 0.105 e. The number of nitrogens with two attached hydrogens (primary N) is 1. The highest BCUT2D eigenvalue weighted by molar-refractivity contribution is 5.00. The average molecular weight is 222 g/mol. The summed E-state index contributed by atoms with van der Waals surface area (Å²) in [5.41, 5.74) is 6.22. The summed E-state index contributed by atoms with van der Waals surface area (Å²) in [6.45, 7) is 4.06. The third kappa shape index (κ3) is 2.66. The van der Waals surface area contributed by atoms with Crippen LogP contribution in [-0.2, 0) is 6.42 Å². The number of rotatable bonds is 6. The van der Waals surface area contributed by atoms with Gasteiger partial charge in [0.1, 0.15) is 5.76 Å². The lowest BCUT2D eigenvalue weighted by atomic mass is 9.68. The second-order valence-corrected chi connectivity index (χ2v) is 5.12. The summed E-state index contributed by atoms with van der Waals surface area (Å²) >= 11 is 0. The Labute approximate surface area is 97.4 Å². The fourth-order valence-electron chi connectivity index (χ4n) is 2.32. The van der Waals surface area contributed by atoms with Gasteiger partial charge >= 0.3 is 0 Å². The second kappa shape index (κ2) is 5.02. The Balaban J connectivity index is 1.73. The predicted molar refractivity (Wildman–Crippen MR) is 65.2 cm³/mol. The van der Waals surface area contributed by atoms with Crippen LogP contribution >= 0.6 is 0 Å². The van der Waals surface area contributed by atoms with Gasteiger partial charge in [-0.15, -0.1) is 0 Å². The monoisotopic (exact) mass is 222 g/mol. The van der Waals surface area contributed by atoms with E-state index < -0.39 is 0 Å². The quantitative estimate of drug-likeness (QED) is 0.773. The molecular weight excluding hydrogens is 200 g/mol. The van der Waals surface area contributed by atoms with Crippen molar-refractivity contribution in [1.82, 2.24) is 5.32 Å². The standard InChI is InChI=1S/C13H22N2O/c1-11(8-12-4-2-7-16-12)15-10-13(9-14)5-3-6-13/h2,4,7,11,15H,3,5-6,8-10,14H2,1H3. The van der Waals surface area contributed by atoms with Crippen LogP contribution in [0.1, 0.15) is 31.9 Å². The lowest BCUT2D eigenvalue weighted by molar-refractivity contribution is 0.136. The van der Waals surface area contributed by atoms with Crippen LogP contribution in [0.5, 0.6) is 0 Å². The van der Waals surface area contributed by atoms with Crippen LogP contribution in [0.3, 0.4) is 0 Å².